The highest BCUT2D eigenvalue weighted by atomic mass is 16.6. The van der Waals surface area contributed by atoms with Gasteiger partial charge in [-0.1, -0.05) is 19.8 Å². The summed E-state index contributed by atoms with van der Waals surface area (Å²) in [6, 6.07) is 0. The van der Waals surface area contributed by atoms with Crippen LogP contribution in [0.1, 0.15) is 58.8 Å². The van der Waals surface area contributed by atoms with Gasteiger partial charge < -0.3 is 9.47 Å². The molecular weight excluding hydrogens is 244 g/mol. The van der Waals surface area contributed by atoms with E-state index in [-0.39, 0.29) is 30.1 Å². The van der Waals surface area contributed by atoms with Gasteiger partial charge in [0.05, 0.1) is 12.2 Å². The summed E-state index contributed by atoms with van der Waals surface area (Å²) >= 11 is 0. The molecule has 2 aliphatic rings. The van der Waals surface area contributed by atoms with E-state index in [0.29, 0.717) is 6.42 Å². The molecule has 2 bridgehead atoms. The molecule has 0 spiro atoms. The van der Waals surface area contributed by atoms with Gasteiger partial charge in [0.15, 0.2) is 0 Å². The van der Waals surface area contributed by atoms with Crippen LogP contribution in [0, 0.1) is 5.92 Å². The fourth-order valence-corrected chi connectivity index (χ4v) is 2.86. The predicted molar refractivity (Wildman–Crippen MR) is 70.7 cm³/mol. The van der Waals surface area contributed by atoms with E-state index in [1.807, 2.05) is 0 Å². The van der Waals surface area contributed by atoms with Gasteiger partial charge in [0, 0.05) is 6.42 Å². The normalized spacial score (nSPS) is 35.5. The maximum Gasteiger partial charge on any atom is 0.316 e. The summed E-state index contributed by atoms with van der Waals surface area (Å²) in [5, 5.41) is 0. The van der Waals surface area contributed by atoms with Gasteiger partial charge in [-0.25, -0.2) is 0 Å². The first-order valence-corrected chi connectivity index (χ1v) is 7.50. The Kier molecular flexibility index (Phi) is 4.97. The van der Waals surface area contributed by atoms with E-state index in [1.165, 1.54) is 0 Å². The molecule has 0 aromatic carbocycles. The van der Waals surface area contributed by atoms with Gasteiger partial charge in [-0.05, 0) is 32.6 Å². The molecule has 0 saturated carbocycles. The average molecular weight is 268 g/mol. The highest BCUT2D eigenvalue weighted by Crippen LogP contribution is 2.31. The maximum atomic E-state index is 12.0. The van der Waals surface area contributed by atoms with Gasteiger partial charge in [-0.3, -0.25) is 9.59 Å². The molecule has 2 saturated heterocycles. The smallest absolute Gasteiger partial charge is 0.316 e. The van der Waals surface area contributed by atoms with E-state index in [1.54, 1.807) is 6.92 Å². The molecule has 2 fully saturated rings. The van der Waals surface area contributed by atoms with Crippen molar-refractivity contribution in [2.75, 3.05) is 0 Å². The van der Waals surface area contributed by atoms with Crippen LogP contribution in [0.3, 0.4) is 0 Å². The monoisotopic (exact) mass is 268 g/mol. The average Bonchev–Trinajstić information content (AvgIpc) is 2.85. The van der Waals surface area contributed by atoms with E-state index in [4.69, 9.17) is 9.47 Å². The summed E-state index contributed by atoms with van der Waals surface area (Å²) in [5.74, 6) is -1.07. The maximum absolute atomic E-state index is 12.0. The fourth-order valence-electron chi connectivity index (χ4n) is 2.86. The molecule has 2 heterocycles. The molecule has 2 aliphatic heterocycles. The third-order valence-corrected chi connectivity index (χ3v) is 4.18. The van der Waals surface area contributed by atoms with Gasteiger partial charge in [0.25, 0.3) is 0 Å². The summed E-state index contributed by atoms with van der Waals surface area (Å²) in [4.78, 5) is 23.9. The zero-order chi connectivity index (χ0) is 13.8. The second-order valence-corrected chi connectivity index (χ2v) is 5.74. The van der Waals surface area contributed by atoms with E-state index in [2.05, 4.69) is 6.92 Å². The Balaban J connectivity index is 2.04. The highest BCUT2D eigenvalue weighted by molar-refractivity contribution is 5.98. The number of rotatable bonds is 4. The molecule has 4 heteroatoms. The molecule has 2 unspecified atom stereocenters. The number of hydrogen-bond donors (Lipinski definition) is 0. The lowest BCUT2D eigenvalue weighted by Gasteiger charge is -2.23. The number of esters is 1. The number of ether oxygens (including phenoxy) is 2. The van der Waals surface area contributed by atoms with Gasteiger partial charge in [-0.15, -0.1) is 0 Å². The first-order chi connectivity index (χ1) is 9.11. The van der Waals surface area contributed by atoms with Crippen LogP contribution < -0.4 is 0 Å². The van der Waals surface area contributed by atoms with Gasteiger partial charge in [-0.2, -0.15) is 0 Å². The van der Waals surface area contributed by atoms with Gasteiger partial charge >= 0.3 is 5.97 Å². The largest absolute Gasteiger partial charge is 0.459 e. The van der Waals surface area contributed by atoms with Crippen molar-refractivity contribution < 1.29 is 19.1 Å². The van der Waals surface area contributed by atoms with E-state index >= 15 is 0 Å². The third-order valence-electron chi connectivity index (χ3n) is 4.18. The Morgan fingerprint density at radius 2 is 2.00 bits per heavy atom. The number of ketones is 1. The summed E-state index contributed by atoms with van der Waals surface area (Å²) < 4.78 is 11.4. The van der Waals surface area contributed by atoms with Crippen LogP contribution in [0.25, 0.3) is 0 Å². The lowest BCUT2D eigenvalue weighted by atomic mass is 9.97. The Hall–Kier alpha value is -0.900. The van der Waals surface area contributed by atoms with Crippen molar-refractivity contribution in [2.24, 2.45) is 5.92 Å². The van der Waals surface area contributed by atoms with Crippen LogP contribution in [0.5, 0.6) is 0 Å². The minimum atomic E-state index is -0.642. The summed E-state index contributed by atoms with van der Waals surface area (Å²) in [7, 11) is 0. The van der Waals surface area contributed by atoms with E-state index in [0.717, 1.165) is 38.5 Å². The first kappa shape index (κ1) is 14.5. The summed E-state index contributed by atoms with van der Waals surface area (Å²) in [5.41, 5.74) is 0. The molecule has 4 atom stereocenters. The number of carbonyl (C=O) groups excluding carboxylic acids is 2. The number of fused-ring (bicyclic) bond motifs is 2. The molecule has 19 heavy (non-hydrogen) atoms. The minimum Gasteiger partial charge on any atom is -0.459 e. The molecule has 0 N–H and O–H groups in total. The van der Waals surface area contributed by atoms with Crippen LogP contribution in [0.2, 0.25) is 0 Å². The van der Waals surface area contributed by atoms with Gasteiger partial charge in [0.2, 0.25) is 0 Å². The molecule has 0 aromatic rings. The topological polar surface area (TPSA) is 52.6 Å². The lowest BCUT2D eigenvalue weighted by Crippen LogP contribution is -2.33. The standard InChI is InChI=1S/C15H24O4/c1-3-4-5-6-13-14-8-7-11(18-14)9-12(16)10(2)15(17)19-13/h10-11,13-14H,3-9H2,1-2H3/t10-,11?,13-,14?/m1/s1. The molecule has 0 aliphatic carbocycles. The number of cyclic esters (lactones) is 1. The second kappa shape index (κ2) is 6.51. The molecule has 0 amide bonds. The van der Waals surface area contributed by atoms with Crippen LogP contribution in [0.15, 0.2) is 0 Å². The van der Waals surface area contributed by atoms with Crippen LogP contribution in [-0.2, 0) is 19.1 Å². The van der Waals surface area contributed by atoms with Crippen molar-refractivity contribution in [1.82, 2.24) is 0 Å². The molecule has 0 aromatic heterocycles. The fraction of sp³-hybridized carbons (Fsp3) is 0.867. The second-order valence-electron chi connectivity index (χ2n) is 5.74. The summed E-state index contributed by atoms with van der Waals surface area (Å²) in [6.45, 7) is 3.80. The summed E-state index contributed by atoms with van der Waals surface area (Å²) in [6.07, 6.45) is 6.14. The molecule has 2 rings (SSSR count). The van der Waals surface area contributed by atoms with E-state index < -0.39 is 5.92 Å². The molecular formula is C15H24O4. The number of hydrogen-bond acceptors (Lipinski definition) is 4. The van der Waals surface area contributed by atoms with Crippen molar-refractivity contribution in [3.63, 3.8) is 0 Å². The van der Waals surface area contributed by atoms with Crippen molar-refractivity contribution in [1.29, 1.82) is 0 Å². The molecule has 4 nitrogen and oxygen atoms in total. The zero-order valence-electron chi connectivity index (χ0n) is 11.9. The highest BCUT2D eigenvalue weighted by Gasteiger charge is 2.39. The number of Topliss-reactive ketones (excluding diaryl/α,β-unsaturated/α-hetero) is 1. The van der Waals surface area contributed by atoms with E-state index in [9.17, 15) is 9.59 Å². The Morgan fingerprint density at radius 1 is 1.21 bits per heavy atom. The molecule has 0 radical (unpaired) electrons. The van der Waals surface area contributed by atoms with Crippen molar-refractivity contribution in [2.45, 2.75) is 77.1 Å². The van der Waals surface area contributed by atoms with Crippen LogP contribution >= 0.6 is 0 Å². The van der Waals surface area contributed by atoms with Crippen molar-refractivity contribution in [3.8, 4) is 0 Å². The Labute approximate surface area is 114 Å². The minimum absolute atomic E-state index is 0.0103. The lowest BCUT2D eigenvalue weighted by molar-refractivity contribution is -0.161. The Morgan fingerprint density at radius 3 is 2.74 bits per heavy atom. The Bertz CT molecular complexity index is 339. The van der Waals surface area contributed by atoms with Gasteiger partial charge in [0.1, 0.15) is 17.8 Å². The number of unbranched alkanes of at least 4 members (excludes halogenated alkanes) is 2. The van der Waals surface area contributed by atoms with Crippen LogP contribution in [-0.4, -0.2) is 30.1 Å². The first-order valence-electron chi connectivity index (χ1n) is 7.50. The zero-order valence-corrected chi connectivity index (χ0v) is 11.9. The number of carbonyl (C=O) groups is 2. The predicted octanol–water partition coefficient (Wildman–Crippen LogP) is 2.64. The van der Waals surface area contributed by atoms with Crippen molar-refractivity contribution >= 4 is 11.8 Å². The molecule has 108 valence electrons. The SMILES string of the molecule is CCCCC[C@H]1OC(=O)[C@H](C)C(=O)CC2CCC1O2. The van der Waals surface area contributed by atoms with Crippen LogP contribution in [0.4, 0.5) is 0 Å². The third kappa shape index (κ3) is 3.56. The quantitative estimate of drug-likeness (QED) is 0.447. The van der Waals surface area contributed by atoms with Crippen molar-refractivity contribution in [3.05, 3.63) is 0 Å².